The van der Waals surface area contributed by atoms with E-state index >= 15 is 0 Å². The normalized spacial score (nSPS) is 23.8. The van der Waals surface area contributed by atoms with Crippen LogP contribution < -0.4 is 5.73 Å². The van der Waals surface area contributed by atoms with Gasteiger partial charge in [0.15, 0.2) is 0 Å². The van der Waals surface area contributed by atoms with Crippen LogP contribution in [0.25, 0.3) is 0 Å². The summed E-state index contributed by atoms with van der Waals surface area (Å²) in [4.78, 5) is 6.90. The van der Waals surface area contributed by atoms with Crippen molar-refractivity contribution in [1.29, 1.82) is 0 Å². The minimum atomic E-state index is 0.440. The van der Waals surface area contributed by atoms with E-state index in [1.165, 1.54) is 25.7 Å². The van der Waals surface area contributed by atoms with Gasteiger partial charge in [0, 0.05) is 18.3 Å². The SMILES string of the molecule is Cc1cccc(CN(C)CCC2CCCC2N)n1. The summed E-state index contributed by atoms with van der Waals surface area (Å²) in [5, 5.41) is 0. The van der Waals surface area contributed by atoms with Crippen molar-refractivity contribution in [2.45, 2.75) is 45.2 Å². The Morgan fingerprint density at radius 2 is 2.22 bits per heavy atom. The van der Waals surface area contributed by atoms with Crippen LogP contribution in [0, 0.1) is 12.8 Å². The lowest BCUT2D eigenvalue weighted by Crippen LogP contribution is -2.28. The molecule has 1 fully saturated rings. The molecule has 18 heavy (non-hydrogen) atoms. The van der Waals surface area contributed by atoms with Gasteiger partial charge in [-0.1, -0.05) is 12.5 Å². The molecule has 1 heterocycles. The predicted molar refractivity (Wildman–Crippen MR) is 75.2 cm³/mol. The summed E-state index contributed by atoms with van der Waals surface area (Å²) in [5.74, 6) is 0.734. The van der Waals surface area contributed by atoms with Gasteiger partial charge < -0.3 is 10.6 Å². The van der Waals surface area contributed by atoms with Crippen molar-refractivity contribution in [2.24, 2.45) is 11.7 Å². The molecule has 1 aromatic heterocycles. The molecule has 0 aliphatic heterocycles. The van der Waals surface area contributed by atoms with Crippen molar-refractivity contribution < 1.29 is 0 Å². The van der Waals surface area contributed by atoms with Crippen molar-refractivity contribution in [3.8, 4) is 0 Å². The van der Waals surface area contributed by atoms with Gasteiger partial charge in [0.25, 0.3) is 0 Å². The minimum absolute atomic E-state index is 0.440. The standard InChI is InChI=1S/C15H25N3/c1-12-5-3-7-14(17-12)11-18(2)10-9-13-6-4-8-15(13)16/h3,5,7,13,15H,4,6,8-11,16H2,1-2H3. The van der Waals surface area contributed by atoms with Crippen molar-refractivity contribution in [3.05, 3.63) is 29.6 Å². The van der Waals surface area contributed by atoms with Crippen LogP contribution in [-0.2, 0) is 6.54 Å². The highest BCUT2D eigenvalue weighted by Crippen LogP contribution is 2.26. The summed E-state index contributed by atoms with van der Waals surface area (Å²) in [6.45, 7) is 4.10. The first kappa shape index (κ1) is 13.5. The number of pyridine rings is 1. The second-order valence-electron chi connectivity index (χ2n) is 5.65. The first-order valence-corrected chi connectivity index (χ1v) is 7.02. The van der Waals surface area contributed by atoms with Crippen LogP contribution in [0.15, 0.2) is 18.2 Å². The molecule has 2 N–H and O–H groups in total. The molecule has 2 rings (SSSR count). The Bertz CT molecular complexity index is 378. The van der Waals surface area contributed by atoms with E-state index in [0.717, 1.165) is 30.4 Å². The van der Waals surface area contributed by atoms with Crippen LogP contribution >= 0.6 is 0 Å². The lowest BCUT2D eigenvalue weighted by atomic mass is 10.00. The van der Waals surface area contributed by atoms with E-state index in [1.807, 2.05) is 13.0 Å². The summed E-state index contributed by atoms with van der Waals surface area (Å²) < 4.78 is 0. The van der Waals surface area contributed by atoms with Gasteiger partial charge in [0.05, 0.1) is 5.69 Å². The van der Waals surface area contributed by atoms with E-state index in [1.54, 1.807) is 0 Å². The van der Waals surface area contributed by atoms with Gasteiger partial charge >= 0.3 is 0 Å². The third-order valence-electron chi connectivity index (χ3n) is 3.98. The molecule has 100 valence electrons. The van der Waals surface area contributed by atoms with Gasteiger partial charge in [-0.3, -0.25) is 4.98 Å². The summed E-state index contributed by atoms with van der Waals surface area (Å²) in [6.07, 6.45) is 5.07. The fraction of sp³-hybridized carbons (Fsp3) is 0.667. The number of aryl methyl sites for hydroxylation is 1. The molecule has 1 saturated carbocycles. The van der Waals surface area contributed by atoms with Crippen LogP contribution in [0.2, 0.25) is 0 Å². The Hall–Kier alpha value is -0.930. The molecular weight excluding hydrogens is 222 g/mol. The first-order valence-electron chi connectivity index (χ1n) is 7.02. The second-order valence-corrected chi connectivity index (χ2v) is 5.65. The van der Waals surface area contributed by atoms with Crippen LogP contribution in [0.3, 0.4) is 0 Å². The molecule has 1 aromatic rings. The molecule has 0 bridgehead atoms. The minimum Gasteiger partial charge on any atom is -0.327 e. The van der Waals surface area contributed by atoms with Crippen molar-refractivity contribution in [1.82, 2.24) is 9.88 Å². The summed E-state index contributed by atoms with van der Waals surface area (Å²) in [7, 11) is 2.17. The van der Waals surface area contributed by atoms with Gasteiger partial charge in [0.1, 0.15) is 0 Å². The van der Waals surface area contributed by atoms with Crippen LogP contribution in [-0.4, -0.2) is 29.5 Å². The lowest BCUT2D eigenvalue weighted by molar-refractivity contribution is 0.283. The summed E-state index contributed by atoms with van der Waals surface area (Å²) in [5.41, 5.74) is 8.36. The van der Waals surface area contributed by atoms with Crippen molar-refractivity contribution in [2.75, 3.05) is 13.6 Å². The smallest absolute Gasteiger partial charge is 0.0547 e. The van der Waals surface area contributed by atoms with Gasteiger partial charge in [-0.25, -0.2) is 0 Å². The zero-order valence-corrected chi connectivity index (χ0v) is 11.6. The largest absolute Gasteiger partial charge is 0.327 e. The van der Waals surface area contributed by atoms with Gasteiger partial charge in [-0.2, -0.15) is 0 Å². The predicted octanol–water partition coefficient (Wildman–Crippen LogP) is 2.34. The second kappa shape index (κ2) is 6.30. The van der Waals surface area contributed by atoms with E-state index < -0.39 is 0 Å². The monoisotopic (exact) mass is 247 g/mol. The quantitative estimate of drug-likeness (QED) is 0.868. The molecule has 0 spiro atoms. The van der Waals surface area contributed by atoms with Crippen LogP contribution in [0.1, 0.15) is 37.1 Å². The lowest BCUT2D eigenvalue weighted by Gasteiger charge is -2.21. The van der Waals surface area contributed by atoms with Crippen molar-refractivity contribution in [3.63, 3.8) is 0 Å². The third kappa shape index (κ3) is 3.79. The number of aromatic nitrogens is 1. The van der Waals surface area contributed by atoms with E-state index in [9.17, 15) is 0 Å². The molecular formula is C15H25N3. The first-order chi connectivity index (χ1) is 8.65. The Morgan fingerprint density at radius 3 is 2.89 bits per heavy atom. The number of hydrogen-bond acceptors (Lipinski definition) is 3. The van der Waals surface area contributed by atoms with E-state index in [-0.39, 0.29) is 0 Å². The van der Waals surface area contributed by atoms with E-state index in [2.05, 4.69) is 29.1 Å². The number of nitrogens with two attached hydrogens (primary N) is 1. The number of hydrogen-bond donors (Lipinski definition) is 1. The Kier molecular flexibility index (Phi) is 4.72. The maximum Gasteiger partial charge on any atom is 0.0547 e. The van der Waals surface area contributed by atoms with Crippen LogP contribution in [0.5, 0.6) is 0 Å². The third-order valence-corrected chi connectivity index (χ3v) is 3.98. The molecule has 0 aromatic carbocycles. The Labute approximate surface area is 110 Å². The molecule has 2 unspecified atom stereocenters. The summed E-state index contributed by atoms with van der Waals surface area (Å²) >= 11 is 0. The zero-order valence-electron chi connectivity index (χ0n) is 11.6. The molecule has 3 nitrogen and oxygen atoms in total. The molecule has 0 saturated heterocycles. The average molecular weight is 247 g/mol. The van der Waals surface area contributed by atoms with Gasteiger partial charge in [0.2, 0.25) is 0 Å². The van der Waals surface area contributed by atoms with E-state index in [4.69, 9.17) is 5.73 Å². The highest BCUT2D eigenvalue weighted by atomic mass is 15.1. The fourth-order valence-electron chi connectivity index (χ4n) is 2.85. The molecule has 0 radical (unpaired) electrons. The molecule has 1 aliphatic carbocycles. The Morgan fingerprint density at radius 1 is 1.39 bits per heavy atom. The maximum atomic E-state index is 6.11. The molecule has 1 aliphatic rings. The molecule has 0 amide bonds. The highest BCUT2D eigenvalue weighted by Gasteiger charge is 2.23. The maximum absolute atomic E-state index is 6.11. The van der Waals surface area contributed by atoms with E-state index in [0.29, 0.717) is 6.04 Å². The van der Waals surface area contributed by atoms with Crippen molar-refractivity contribution >= 4 is 0 Å². The summed E-state index contributed by atoms with van der Waals surface area (Å²) in [6, 6.07) is 6.67. The fourth-order valence-corrected chi connectivity index (χ4v) is 2.85. The Balaban J connectivity index is 1.76. The van der Waals surface area contributed by atoms with Gasteiger partial charge in [-0.15, -0.1) is 0 Å². The topological polar surface area (TPSA) is 42.1 Å². The average Bonchev–Trinajstić information content (AvgIpc) is 2.72. The van der Waals surface area contributed by atoms with Gasteiger partial charge in [-0.05, 0) is 57.8 Å². The van der Waals surface area contributed by atoms with Crippen LogP contribution in [0.4, 0.5) is 0 Å². The number of rotatable bonds is 5. The highest BCUT2D eigenvalue weighted by molar-refractivity contribution is 5.09. The number of nitrogens with zero attached hydrogens (tertiary/aromatic N) is 2. The molecule has 2 atom stereocenters. The zero-order chi connectivity index (χ0) is 13.0. The molecule has 3 heteroatoms.